The number of nitrogens with one attached hydrogen (secondary N) is 1. The zero-order valence-electron chi connectivity index (χ0n) is 11.3. The van der Waals surface area contributed by atoms with Gasteiger partial charge in [0.15, 0.2) is 0 Å². The molecule has 2 N–H and O–H groups in total. The van der Waals surface area contributed by atoms with Crippen LogP contribution in [0.5, 0.6) is 0 Å². The van der Waals surface area contributed by atoms with E-state index in [1.54, 1.807) is 23.9 Å². The molecular weight excluding hydrogens is 277 g/mol. The molecule has 0 spiro atoms. The molecule has 0 saturated heterocycles. The van der Waals surface area contributed by atoms with E-state index in [4.69, 9.17) is 5.11 Å². The highest BCUT2D eigenvalue weighted by Crippen LogP contribution is 2.31. The summed E-state index contributed by atoms with van der Waals surface area (Å²) in [6, 6.07) is 6.48. The minimum atomic E-state index is -0.657. The monoisotopic (exact) mass is 297 g/mol. The first-order valence-corrected chi connectivity index (χ1v) is 7.97. The van der Waals surface area contributed by atoms with E-state index in [-0.39, 0.29) is 17.7 Å². The lowest BCUT2D eigenvalue weighted by molar-refractivity contribution is -0.142. The summed E-state index contributed by atoms with van der Waals surface area (Å²) >= 11 is 1.67. The van der Waals surface area contributed by atoms with Crippen molar-refractivity contribution in [2.24, 2.45) is 11.8 Å². The number of thioether (sulfide) groups is 1. The minimum Gasteiger partial charge on any atom is -0.481 e. The molecule has 5 heteroatoms. The topological polar surface area (TPSA) is 49.3 Å². The number of hydrogen-bond donors (Lipinski definition) is 2. The lowest BCUT2D eigenvalue weighted by Gasteiger charge is -2.16. The molecule has 2 atom stereocenters. The van der Waals surface area contributed by atoms with Crippen LogP contribution in [0.4, 0.5) is 4.39 Å². The molecule has 0 amide bonds. The maximum Gasteiger partial charge on any atom is 0.306 e. The molecule has 0 aliphatic heterocycles. The smallest absolute Gasteiger partial charge is 0.306 e. The van der Waals surface area contributed by atoms with Crippen LogP contribution in [0.2, 0.25) is 0 Å². The maximum atomic E-state index is 12.7. The fourth-order valence-electron chi connectivity index (χ4n) is 2.67. The van der Waals surface area contributed by atoms with Crippen molar-refractivity contribution in [3.63, 3.8) is 0 Å². The summed E-state index contributed by atoms with van der Waals surface area (Å²) in [5.41, 5.74) is 0. The van der Waals surface area contributed by atoms with E-state index >= 15 is 0 Å². The fourth-order valence-corrected chi connectivity index (χ4v) is 3.48. The molecule has 20 heavy (non-hydrogen) atoms. The molecule has 2 rings (SSSR count). The lowest BCUT2D eigenvalue weighted by Crippen LogP contribution is -2.30. The molecule has 0 heterocycles. The molecule has 1 aromatic rings. The molecular formula is C15H20FNO2S. The first-order valence-electron chi connectivity index (χ1n) is 6.98. The standard InChI is InChI=1S/C15H20FNO2S/c16-12-4-6-13(7-5-12)20-9-8-17-10-11-2-1-3-14(11)15(18)19/h4-7,11,14,17H,1-3,8-10H2,(H,18,19). The Labute approximate surface area is 123 Å². The average molecular weight is 297 g/mol. The molecule has 3 nitrogen and oxygen atoms in total. The van der Waals surface area contributed by atoms with E-state index in [2.05, 4.69) is 5.32 Å². The first kappa shape index (κ1) is 15.3. The summed E-state index contributed by atoms with van der Waals surface area (Å²) in [5, 5.41) is 12.4. The Hall–Kier alpha value is -1.07. The van der Waals surface area contributed by atoms with Gasteiger partial charge in [-0.15, -0.1) is 11.8 Å². The van der Waals surface area contributed by atoms with Crippen LogP contribution in [0.25, 0.3) is 0 Å². The number of aliphatic carboxylic acids is 1. The predicted octanol–water partition coefficient (Wildman–Crippen LogP) is 3.01. The van der Waals surface area contributed by atoms with E-state index in [0.717, 1.165) is 43.0 Å². The Morgan fingerprint density at radius 3 is 2.80 bits per heavy atom. The van der Waals surface area contributed by atoms with Crippen LogP contribution in [0.3, 0.4) is 0 Å². The summed E-state index contributed by atoms with van der Waals surface area (Å²) in [5.74, 6) is 0.120. The molecule has 1 aromatic carbocycles. The Balaban J connectivity index is 1.62. The van der Waals surface area contributed by atoms with E-state index in [0.29, 0.717) is 0 Å². The zero-order valence-corrected chi connectivity index (χ0v) is 12.2. The second-order valence-electron chi connectivity index (χ2n) is 5.14. The van der Waals surface area contributed by atoms with Crippen molar-refractivity contribution < 1.29 is 14.3 Å². The van der Waals surface area contributed by atoms with Crippen molar-refractivity contribution in [2.45, 2.75) is 24.2 Å². The van der Waals surface area contributed by atoms with Crippen molar-refractivity contribution >= 4 is 17.7 Å². The second kappa shape index (κ2) is 7.64. The molecule has 1 fully saturated rings. The van der Waals surface area contributed by atoms with Gasteiger partial charge in [0.05, 0.1) is 5.92 Å². The quantitative estimate of drug-likeness (QED) is 0.600. The molecule has 2 unspecified atom stereocenters. The first-order chi connectivity index (χ1) is 9.66. The molecule has 0 radical (unpaired) electrons. The van der Waals surface area contributed by atoms with Crippen molar-refractivity contribution in [1.82, 2.24) is 5.32 Å². The number of carboxylic acids is 1. The number of carbonyl (C=O) groups is 1. The van der Waals surface area contributed by atoms with Crippen LogP contribution in [0.15, 0.2) is 29.2 Å². The van der Waals surface area contributed by atoms with Crippen molar-refractivity contribution in [2.75, 3.05) is 18.8 Å². The number of benzene rings is 1. The highest BCUT2D eigenvalue weighted by Gasteiger charge is 2.32. The van der Waals surface area contributed by atoms with E-state index < -0.39 is 5.97 Å². The van der Waals surface area contributed by atoms with Gasteiger partial charge in [0, 0.05) is 17.2 Å². The average Bonchev–Trinajstić information content (AvgIpc) is 2.89. The van der Waals surface area contributed by atoms with E-state index in [1.807, 2.05) is 0 Å². The van der Waals surface area contributed by atoms with Crippen LogP contribution >= 0.6 is 11.8 Å². The van der Waals surface area contributed by atoms with Crippen LogP contribution in [-0.2, 0) is 4.79 Å². The molecule has 0 aromatic heterocycles. The van der Waals surface area contributed by atoms with E-state index in [9.17, 15) is 9.18 Å². The van der Waals surface area contributed by atoms with Gasteiger partial charge < -0.3 is 10.4 Å². The third-order valence-electron chi connectivity index (χ3n) is 3.74. The minimum absolute atomic E-state index is 0.174. The maximum absolute atomic E-state index is 12.7. The summed E-state index contributed by atoms with van der Waals surface area (Å²) in [6.45, 7) is 1.62. The largest absolute Gasteiger partial charge is 0.481 e. The number of rotatable bonds is 7. The molecule has 1 aliphatic carbocycles. The van der Waals surface area contributed by atoms with Crippen molar-refractivity contribution in [3.05, 3.63) is 30.1 Å². The third kappa shape index (κ3) is 4.49. The van der Waals surface area contributed by atoms with Gasteiger partial charge in [-0.05, 0) is 49.6 Å². The fraction of sp³-hybridized carbons (Fsp3) is 0.533. The summed E-state index contributed by atoms with van der Waals surface area (Å²) < 4.78 is 12.7. The van der Waals surface area contributed by atoms with Gasteiger partial charge in [-0.25, -0.2) is 4.39 Å². The molecule has 1 saturated carbocycles. The summed E-state index contributed by atoms with van der Waals surface area (Å²) in [4.78, 5) is 12.1. The number of carboxylic acid groups (broad SMARTS) is 1. The van der Waals surface area contributed by atoms with E-state index in [1.165, 1.54) is 12.1 Å². The predicted molar refractivity (Wildman–Crippen MR) is 78.5 cm³/mol. The highest BCUT2D eigenvalue weighted by molar-refractivity contribution is 7.99. The van der Waals surface area contributed by atoms with Crippen LogP contribution in [-0.4, -0.2) is 29.9 Å². The number of halogens is 1. The zero-order chi connectivity index (χ0) is 14.4. The van der Waals surface area contributed by atoms with Gasteiger partial charge in [0.25, 0.3) is 0 Å². The second-order valence-corrected chi connectivity index (χ2v) is 6.31. The normalized spacial score (nSPS) is 22.1. The van der Waals surface area contributed by atoms with Gasteiger partial charge >= 0.3 is 5.97 Å². The van der Waals surface area contributed by atoms with Gasteiger partial charge in [-0.1, -0.05) is 6.42 Å². The van der Waals surface area contributed by atoms with Crippen LogP contribution in [0.1, 0.15) is 19.3 Å². The molecule has 110 valence electrons. The van der Waals surface area contributed by atoms with Crippen LogP contribution in [0, 0.1) is 17.7 Å². The summed E-state index contributed by atoms with van der Waals surface area (Å²) in [6.07, 6.45) is 2.84. The Morgan fingerprint density at radius 2 is 2.10 bits per heavy atom. The lowest BCUT2D eigenvalue weighted by atomic mass is 9.96. The SMILES string of the molecule is O=C(O)C1CCCC1CNCCSc1ccc(F)cc1. The summed E-state index contributed by atoms with van der Waals surface area (Å²) in [7, 11) is 0. The van der Waals surface area contributed by atoms with Gasteiger partial charge in [-0.2, -0.15) is 0 Å². The molecule has 0 bridgehead atoms. The molecule has 1 aliphatic rings. The van der Waals surface area contributed by atoms with Crippen molar-refractivity contribution in [3.8, 4) is 0 Å². The Kier molecular flexibility index (Phi) is 5.86. The Bertz CT molecular complexity index is 438. The number of hydrogen-bond acceptors (Lipinski definition) is 3. The highest BCUT2D eigenvalue weighted by atomic mass is 32.2. The van der Waals surface area contributed by atoms with Crippen LogP contribution < -0.4 is 5.32 Å². The van der Waals surface area contributed by atoms with Gasteiger partial charge in [0.2, 0.25) is 0 Å². The Morgan fingerprint density at radius 1 is 1.35 bits per heavy atom. The van der Waals surface area contributed by atoms with Gasteiger partial charge in [0.1, 0.15) is 5.82 Å². The third-order valence-corrected chi connectivity index (χ3v) is 4.76. The van der Waals surface area contributed by atoms with Gasteiger partial charge in [-0.3, -0.25) is 4.79 Å². The van der Waals surface area contributed by atoms with Crippen molar-refractivity contribution in [1.29, 1.82) is 0 Å².